The predicted molar refractivity (Wildman–Crippen MR) is 103 cm³/mol. The monoisotopic (exact) mass is 385 g/mol. The average Bonchev–Trinajstić information content (AvgIpc) is 3.43. The molecule has 1 aromatic heterocycles. The number of benzene rings is 1. The highest BCUT2D eigenvalue weighted by Crippen LogP contribution is 2.29. The lowest BCUT2D eigenvalue weighted by molar-refractivity contribution is 0.0881. The molecule has 1 aliphatic heterocycles. The zero-order valence-corrected chi connectivity index (χ0v) is 16.4. The van der Waals surface area contributed by atoms with Crippen molar-refractivity contribution in [3.8, 4) is 11.5 Å². The molecule has 1 aliphatic carbocycles. The van der Waals surface area contributed by atoms with Crippen molar-refractivity contribution in [1.82, 2.24) is 25.0 Å². The standard InChI is InChI=1S/C20H27N5O3/c1-24-13-21-23-19(24)12-25-9-7-15(8-10-25)28-18-11-16(27-2)5-6-17(18)20(26)22-14-3-4-14/h5-6,11,13-15H,3-4,7-10,12H2,1-2H3,(H,22,26). The van der Waals surface area contributed by atoms with Gasteiger partial charge in [-0.3, -0.25) is 9.69 Å². The molecule has 150 valence electrons. The largest absolute Gasteiger partial charge is 0.497 e. The van der Waals surface area contributed by atoms with Gasteiger partial charge in [-0.2, -0.15) is 0 Å². The van der Waals surface area contributed by atoms with Gasteiger partial charge in [0.1, 0.15) is 29.8 Å². The van der Waals surface area contributed by atoms with Crippen molar-refractivity contribution in [2.24, 2.45) is 7.05 Å². The molecule has 28 heavy (non-hydrogen) atoms. The van der Waals surface area contributed by atoms with Gasteiger partial charge in [0.25, 0.3) is 5.91 Å². The van der Waals surface area contributed by atoms with Gasteiger partial charge in [0.05, 0.1) is 19.2 Å². The van der Waals surface area contributed by atoms with Gasteiger partial charge in [-0.05, 0) is 37.8 Å². The maximum absolute atomic E-state index is 12.6. The third-order valence-electron chi connectivity index (χ3n) is 5.34. The van der Waals surface area contributed by atoms with Gasteiger partial charge in [-0.1, -0.05) is 0 Å². The number of nitrogens with one attached hydrogen (secondary N) is 1. The maximum atomic E-state index is 12.6. The second-order valence-electron chi connectivity index (χ2n) is 7.56. The van der Waals surface area contributed by atoms with Gasteiger partial charge in [0, 0.05) is 32.2 Å². The number of methoxy groups -OCH3 is 1. The highest BCUT2D eigenvalue weighted by molar-refractivity contribution is 5.97. The van der Waals surface area contributed by atoms with Crippen LogP contribution in [0.15, 0.2) is 24.5 Å². The maximum Gasteiger partial charge on any atom is 0.255 e. The molecule has 2 fully saturated rings. The lowest BCUT2D eigenvalue weighted by Gasteiger charge is -2.32. The van der Waals surface area contributed by atoms with Crippen LogP contribution < -0.4 is 14.8 Å². The number of carbonyl (C=O) groups excluding carboxylic acids is 1. The average molecular weight is 385 g/mol. The molecule has 1 aromatic carbocycles. The van der Waals surface area contributed by atoms with E-state index in [-0.39, 0.29) is 12.0 Å². The molecule has 4 rings (SSSR count). The summed E-state index contributed by atoms with van der Waals surface area (Å²) in [6, 6.07) is 5.72. The number of hydrogen-bond acceptors (Lipinski definition) is 6. The molecule has 0 bridgehead atoms. The highest BCUT2D eigenvalue weighted by atomic mass is 16.5. The minimum absolute atomic E-state index is 0.0696. The highest BCUT2D eigenvalue weighted by Gasteiger charge is 2.27. The fourth-order valence-corrected chi connectivity index (χ4v) is 3.42. The van der Waals surface area contributed by atoms with Gasteiger partial charge in [-0.15, -0.1) is 10.2 Å². The molecule has 8 nitrogen and oxygen atoms in total. The number of amides is 1. The van der Waals surface area contributed by atoms with Crippen LogP contribution in [-0.2, 0) is 13.6 Å². The van der Waals surface area contributed by atoms with Crippen molar-refractivity contribution >= 4 is 5.91 Å². The van der Waals surface area contributed by atoms with Crippen LogP contribution >= 0.6 is 0 Å². The number of hydrogen-bond donors (Lipinski definition) is 1. The van der Waals surface area contributed by atoms with Crippen molar-refractivity contribution in [1.29, 1.82) is 0 Å². The molecular weight excluding hydrogens is 358 g/mol. The Balaban J connectivity index is 1.38. The first-order valence-electron chi connectivity index (χ1n) is 9.83. The number of nitrogens with zero attached hydrogens (tertiary/aromatic N) is 4. The SMILES string of the molecule is COc1ccc(C(=O)NC2CC2)c(OC2CCN(Cc3nncn3C)CC2)c1. The summed E-state index contributed by atoms with van der Waals surface area (Å²) in [5.41, 5.74) is 0.578. The molecule has 0 atom stereocenters. The number of carbonyl (C=O) groups is 1. The molecule has 2 aromatic rings. The van der Waals surface area contributed by atoms with E-state index in [1.165, 1.54) is 0 Å². The van der Waals surface area contributed by atoms with Crippen molar-refractivity contribution in [3.05, 3.63) is 35.9 Å². The minimum Gasteiger partial charge on any atom is -0.497 e. The Bertz CT molecular complexity index is 825. The number of aryl methyl sites for hydroxylation is 1. The van der Waals surface area contributed by atoms with Crippen molar-refractivity contribution in [2.45, 2.75) is 44.4 Å². The number of rotatable bonds is 7. The topological polar surface area (TPSA) is 81.5 Å². The zero-order chi connectivity index (χ0) is 19.5. The first-order valence-corrected chi connectivity index (χ1v) is 9.83. The molecule has 0 radical (unpaired) electrons. The fourth-order valence-electron chi connectivity index (χ4n) is 3.42. The first-order chi connectivity index (χ1) is 13.6. The summed E-state index contributed by atoms with van der Waals surface area (Å²) in [6.07, 6.45) is 5.72. The zero-order valence-electron chi connectivity index (χ0n) is 16.4. The van der Waals surface area contributed by atoms with E-state index < -0.39 is 0 Å². The molecule has 1 amide bonds. The quantitative estimate of drug-likeness (QED) is 0.782. The fraction of sp³-hybridized carbons (Fsp3) is 0.550. The summed E-state index contributed by atoms with van der Waals surface area (Å²) in [5, 5.41) is 11.1. The summed E-state index contributed by atoms with van der Waals surface area (Å²) in [7, 11) is 3.58. The second kappa shape index (κ2) is 8.18. The number of piperidine rings is 1. The first kappa shape index (κ1) is 18.7. The predicted octanol–water partition coefficient (Wildman–Crippen LogP) is 1.76. The lowest BCUT2D eigenvalue weighted by atomic mass is 10.1. The van der Waals surface area contributed by atoms with Gasteiger partial charge in [0.15, 0.2) is 0 Å². The Morgan fingerprint density at radius 1 is 1.25 bits per heavy atom. The van der Waals surface area contributed by atoms with Gasteiger partial charge < -0.3 is 19.4 Å². The molecule has 0 spiro atoms. The van der Waals surface area contributed by atoms with E-state index in [0.717, 1.165) is 51.1 Å². The van der Waals surface area contributed by atoms with Crippen LogP contribution in [0.25, 0.3) is 0 Å². The van der Waals surface area contributed by atoms with E-state index in [1.54, 1.807) is 25.6 Å². The van der Waals surface area contributed by atoms with E-state index in [2.05, 4.69) is 20.4 Å². The summed E-state index contributed by atoms with van der Waals surface area (Å²) in [4.78, 5) is 14.9. The third-order valence-corrected chi connectivity index (χ3v) is 5.34. The molecule has 1 saturated carbocycles. The van der Waals surface area contributed by atoms with E-state index in [9.17, 15) is 4.79 Å². The minimum atomic E-state index is -0.0696. The molecule has 0 unspecified atom stereocenters. The van der Waals surface area contributed by atoms with Crippen molar-refractivity contribution in [2.75, 3.05) is 20.2 Å². The Morgan fingerprint density at radius 2 is 2.04 bits per heavy atom. The van der Waals surface area contributed by atoms with Gasteiger partial charge in [-0.25, -0.2) is 0 Å². The molecule has 2 heterocycles. The summed E-state index contributed by atoms with van der Waals surface area (Å²) in [6.45, 7) is 2.63. The Morgan fingerprint density at radius 3 is 2.68 bits per heavy atom. The summed E-state index contributed by atoms with van der Waals surface area (Å²) >= 11 is 0. The molecular formula is C20H27N5O3. The van der Waals surface area contributed by atoms with E-state index in [0.29, 0.717) is 23.1 Å². The van der Waals surface area contributed by atoms with Crippen LogP contribution in [0.5, 0.6) is 11.5 Å². The molecule has 2 aliphatic rings. The summed E-state index contributed by atoms with van der Waals surface area (Å²) in [5.74, 6) is 2.19. The van der Waals surface area contributed by atoms with E-state index >= 15 is 0 Å². The summed E-state index contributed by atoms with van der Waals surface area (Å²) < 4.78 is 13.5. The normalized spacial score (nSPS) is 18.1. The second-order valence-corrected chi connectivity index (χ2v) is 7.56. The Labute approximate surface area is 164 Å². The van der Waals surface area contributed by atoms with E-state index in [4.69, 9.17) is 9.47 Å². The van der Waals surface area contributed by atoms with Gasteiger partial charge in [0.2, 0.25) is 0 Å². The van der Waals surface area contributed by atoms with Crippen LogP contribution in [0.4, 0.5) is 0 Å². The lowest BCUT2D eigenvalue weighted by Crippen LogP contribution is -2.38. The smallest absolute Gasteiger partial charge is 0.255 e. The number of ether oxygens (including phenoxy) is 2. The van der Waals surface area contributed by atoms with Crippen LogP contribution in [0.1, 0.15) is 41.9 Å². The van der Waals surface area contributed by atoms with E-state index in [1.807, 2.05) is 17.7 Å². The Hall–Kier alpha value is -2.61. The van der Waals surface area contributed by atoms with Crippen LogP contribution in [0, 0.1) is 0 Å². The van der Waals surface area contributed by atoms with Crippen LogP contribution in [-0.4, -0.2) is 57.9 Å². The Kier molecular flexibility index (Phi) is 5.47. The third kappa shape index (κ3) is 4.44. The molecule has 1 saturated heterocycles. The van der Waals surface area contributed by atoms with Crippen LogP contribution in [0.2, 0.25) is 0 Å². The molecule has 8 heteroatoms. The number of likely N-dealkylation sites (tertiary alicyclic amines) is 1. The van der Waals surface area contributed by atoms with Gasteiger partial charge >= 0.3 is 0 Å². The van der Waals surface area contributed by atoms with Crippen molar-refractivity contribution in [3.63, 3.8) is 0 Å². The van der Waals surface area contributed by atoms with Crippen molar-refractivity contribution < 1.29 is 14.3 Å². The van der Waals surface area contributed by atoms with Crippen LogP contribution in [0.3, 0.4) is 0 Å². The number of aromatic nitrogens is 3. The molecule has 1 N–H and O–H groups in total.